The molecule has 0 saturated heterocycles. The summed E-state index contributed by atoms with van der Waals surface area (Å²) in [6, 6.07) is 12.1. The summed E-state index contributed by atoms with van der Waals surface area (Å²) in [5.41, 5.74) is 8.26. The first-order valence-corrected chi connectivity index (χ1v) is 6.45. The zero-order chi connectivity index (χ0) is 13.2. The van der Waals surface area contributed by atoms with E-state index in [0.717, 1.165) is 18.7 Å². The van der Waals surface area contributed by atoms with Crippen LogP contribution in [0.1, 0.15) is 11.4 Å². The number of anilines is 1. The quantitative estimate of drug-likeness (QED) is 0.798. The van der Waals surface area contributed by atoms with E-state index in [2.05, 4.69) is 22.3 Å². The van der Waals surface area contributed by atoms with Gasteiger partial charge in [-0.1, -0.05) is 41.9 Å². The minimum Gasteiger partial charge on any atom is -0.394 e. The molecule has 96 valence electrons. The van der Waals surface area contributed by atoms with Gasteiger partial charge in [0, 0.05) is 12.6 Å². The summed E-state index contributed by atoms with van der Waals surface area (Å²) in [7, 11) is 0. The fourth-order valence-corrected chi connectivity index (χ4v) is 2.21. The average Bonchev–Trinajstić information content (AvgIpc) is 2.86. The minimum atomic E-state index is 0.475. The average molecular weight is 273 g/mol. The van der Waals surface area contributed by atoms with Crippen LogP contribution in [0, 0.1) is 0 Å². The minimum absolute atomic E-state index is 0.475. The van der Waals surface area contributed by atoms with E-state index >= 15 is 0 Å². The van der Waals surface area contributed by atoms with Crippen LogP contribution in [0.4, 0.5) is 5.69 Å². The predicted octanol–water partition coefficient (Wildman–Crippen LogP) is 2.75. The maximum Gasteiger partial charge on any atom is 0.185 e. The molecule has 0 saturated carbocycles. The Morgan fingerprint density at radius 2 is 1.84 bits per heavy atom. The highest BCUT2D eigenvalue weighted by molar-refractivity contribution is 6.33. The van der Waals surface area contributed by atoms with Gasteiger partial charge >= 0.3 is 0 Å². The number of aryl methyl sites for hydroxylation is 2. The largest absolute Gasteiger partial charge is 0.394 e. The van der Waals surface area contributed by atoms with Crippen molar-refractivity contribution in [3.8, 4) is 0 Å². The van der Waals surface area contributed by atoms with Crippen LogP contribution >= 0.6 is 11.6 Å². The molecule has 0 radical (unpaired) electrons. The number of fused-ring (bicyclic) bond motifs is 1. The molecular formula is C14H13ClN4. The monoisotopic (exact) mass is 272 g/mol. The fraction of sp³-hybridized carbons (Fsp3) is 0.143. The molecule has 2 aromatic heterocycles. The Balaban J connectivity index is 1.88. The van der Waals surface area contributed by atoms with E-state index in [4.69, 9.17) is 17.3 Å². The van der Waals surface area contributed by atoms with E-state index in [1.807, 2.05) is 28.8 Å². The van der Waals surface area contributed by atoms with Crippen LogP contribution in [0.2, 0.25) is 5.02 Å². The molecule has 0 atom stereocenters. The Hall–Kier alpha value is -2.07. The Labute approximate surface area is 115 Å². The van der Waals surface area contributed by atoms with Gasteiger partial charge in [0.05, 0.1) is 10.7 Å². The number of pyridine rings is 1. The van der Waals surface area contributed by atoms with Crippen molar-refractivity contribution in [2.45, 2.75) is 12.8 Å². The third-order valence-electron chi connectivity index (χ3n) is 3.11. The molecule has 3 aromatic rings. The van der Waals surface area contributed by atoms with Crippen LogP contribution in [0.3, 0.4) is 0 Å². The van der Waals surface area contributed by atoms with Crippen LogP contribution in [-0.4, -0.2) is 14.6 Å². The van der Waals surface area contributed by atoms with E-state index in [1.54, 1.807) is 6.07 Å². The van der Waals surface area contributed by atoms with E-state index in [9.17, 15) is 0 Å². The van der Waals surface area contributed by atoms with E-state index in [0.29, 0.717) is 16.4 Å². The smallest absolute Gasteiger partial charge is 0.185 e. The molecule has 0 fully saturated rings. The van der Waals surface area contributed by atoms with Gasteiger partial charge < -0.3 is 5.73 Å². The molecule has 0 aliphatic carbocycles. The van der Waals surface area contributed by atoms with Gasteiger partial charge in [-0.25, -0.2) is 0 Å². The second kappa shape index (κ2) is 4.90. The van der Waals surface area contributed by atoms with Gasteiger partial charge in [-0.3, -0.25) is 4.40 Å². The third kappa shape index (κ3) is 2.27. The van der Waals surface area contributed by atoms with Crippen molar-refractivity contribution in [2.75, 3.05) is 5.73 Å². The highest BCUT2D eigenvalue weighted by atomic mass is 35.5. The number of aromatic nitrogens is 3. The van der Waals surface area contributed by atoms with Crippen LogP contribution in [-0.2, 0) is 12.8 Å². The number of nitrogens with zero attached hydrogens (tertiary/aromatic N) is 3. The molecule has 0 amide bonds. The summed E-state index contributed by atoms with van der Waals surface area (Å²) in [6.07, 6.45) is 3.59. The third-order valence-corrected chi connectivity index (χ3v) is 3.44. The lowest BCUT2D eigenvalue weighted by Gasteiger charge is -2.03. The summed E-state index contributed by atoms with van der Waals surface area (Å²) < 4.78 is 1.89. The first-order chi connectivity index (χ1) is 9.25. The van der Waals surface area contributed by atoms with Crippen LogP contribution in [0.25, 0.3) is 5.65 Å². The Kier molecular flexibility index (Phi) is 3.09. The number of halogens is 1. The van der Waals surface area contributed by atoms with Crippen molar-refractivity contribution in [1.29, 1.82) is 0 Å². The summed E-state index contributed by atoms with van der Waals surface area (Å²) in [6.45, 7) is 0. The SMILES string of the molecule is Nc1c(Cl)ccn2c(CCc3ccccc3)nnc12. The molecular weight excluding hydrogens is 260 g/mol. The van der Waals surface area contributed by atoms with E-state index < -0.39 is 0 Å². The molecule has 0 aliphatic rings. The van der Waals surface area contributed by atoms with Crippen LogP contribution in [0.15, 0.2) is 42.6 Å². The number of nitrogen functional groups attached to an aromatic ring is 1. The van der Waals surface area contributed by atoms with Crippen molar-refractivity contribution in [3.63, 3.8) is 0 Å². The molecule has 0 spiro atoms. The molecule has 2 heterocycles. The standard InChI is InChI=1S/C14H13ClN4/c15-11-8-9-19-12(17-18-14(19)13(11)16)7-6-10-4-2-1-3-5-10/h1-5,8-9H,6-7,16H2. The Morgan fingerprint density at radius 1 is 1.05 bits per heavy atom. The van der Waals surface area contributed by atoms with Crippen LogP contribution < -0.4 is 5.73 Å². The summed E-state index contributed by atoms with van der Waals surface area (Å²) in [5.74, 6) is 0.891. The predicted molar refractivity (Wildman–Crippen MR) is 76.3 cm³/mol. The van der Waals surface area contributed by atoms with Crippen LogP contribution in [0.5, 0.6) is 0 Å². The molecule has 19 heavy (non-hydrogen) atoms. The normalized spacial score (nSPS) is 11.0. The lowest BCUT2D eigenvalue weighted by atomic mass is 10.1. The number of hydrogen-bond donors (Lipinski definition) is 1. The van der Waals surface area contributed by atoms with Gasteiger partial charge in [0.25, 0.3) is 0 Å². The lowest BCUT2D eigenvalue weighted by molar-refractivity contribution is 0.839. The summed E-state index contributed by atoms with van der Waals surface area (Å²) in [4.78, 5) is 0. The highest BCUT2D eigenvalue weighted by Crippen LogP contribution is 2.22. The van der Waals surface area contributed by atoms with Crippen molar-refractivity contribution in [1.82, 2.24) is 14.6 Å². The molecule has 1 aromatic carbocycles. The summed E-state index contributed by atoms with van der Waals surface area (Å²) >= 11 is 5.96. The molecule has 0 bridgehead atoms. The van der Waals surface area contributed by atoms with E-state index in [1.165, 1.54) is 5.56 Å². The van der Waals surface area contributed by atoms with Crippen molar-refractivity contribution in [3.05, 3.63) is 59.0 Å². The molecule has 5 heteroatoms. The van der Waals surface area contributed by atoms with Gasteiger partial charge in [-0.2, -0.15) is 0 Å². The van der Waals surface area contributed by atoms with Crippen molar-refractivity contribution < 1.29 is 0 Å². The molecule has 0 unspecified atom stereocenters. The second-order valence-electron chi connectivity index (χ2n) is 4.37. The topological polar surface area (TPSA) is 56.2 Å². The van der Waals surface area contributed by atoms with Gasteiger partial charge in [0.15, 0.2) is 5.65 Å². The molecule has 3 rings (SSSR count). The van der Waals surface area contributed by atoms with Gasteiger partial charge in [0.1, 0.15) is 5.82 Å². The van der Waals surface area contributed by atoms with E-state index in [-0.39, 0.29) is 0 Å². The maximum absolute atomic E-state index is 5.96. The van der Waals surface area contributed by atoms with Gasteiger partial charge in [0.2, 0.25) is 0 Å². The van der Waals surface area contributed by atoms with Gasteiger partial charge in [-0.05, 0) is 18.1 Å². The summed E-state index contributed by atoms with van der Waals surface area (Å²) in [5, 5.41) is 8.79. The lowest BCUT2D eigenvalue weighted by Crippen LogP contribution is -1.99. The number of nitrogens with two attached hydrogens (primary N) is 1. The van der Waals surface area contributed by atoms with Gasteiger partial charge in [-0.15, -0.1) is 10.2 Å². The number of benzene rings is 1. The first kappa shape index (κ1) is 12.0. The fourth-order valence-electron chi connectivity index (χ4n) is 2.07. The number of rotatable bonds is 3. The maximum atomic E-state index is 5.96. The van der Waals surface area contributed by atoms with Crippen molar-refractivity contribution >= 4 is 22.9 Å². The Morgan fingerprint density at radius 3 is 2.63 bits per heavy atom. The highest BCUT2D eigenvalue weighted by Gasteiger charge is 2.10. The van der Waals surface area contributed by atoms with Crippen molar-refractivity contribution in [2.24, 2.45) is 0 Å². The second-order valence-corrected chi connectivity index (χ2v) is 4.78. The molecule has 4 nitrogen and oxygen atoms in total. The Bertz CT molecular complexity index is 706. The molecule has 0 aliphatic heterocycles. The first-order valence-electron chi connectivity index (χ1n) is 6.07. The zero-order valence-corrected chi connectivity index (χ0v) is 11.0. The zero-order valence-electron chi connectivity index (χ0n) is 10.3. The number of hydrogen-bond acceptors (Lipinski definition) is 3. The molecule has 2 N–H and O–H groups in total.